The Bertz CT molecular complexity index is 1010. The van der Waals surface area contributed by atoms with Gasteiger partial charge in [-0.1, -0.05) is 18.2 Å². The number of aliphatic hydroxyl groups is 1. The minimum absolute atomic E-state index is 0.0167. The van der Waals surface area contributed by atoms with Crippen molar-refractivity contribution in [3.63, 3.8) is 0 Å². The molecule has 3 aromatic heterocycles. The van der Waals surface area contributed by atoms with Crippen LogP contribution in [0.5, 0.6) is 0 Å². The van der Waals surface area contributed by atoms with E-state index in [-0.39, 0.29) is 6.61 Å². The summed E-state index contributed by atoms with van der Waals surface area (Å²) in [5.41, 5.74) is 2.67. The Hall–Kier alpha value is -3.26. The first kappa shape index (κ1) is 16.2. The summed E-state index contributed by atoms with van der Waals surface area (Å²) in [7, 11) is 1.96. The van der Waals surface area contributed by atoms with Crippen molar-refractivity contribution in [3.8, 4) is 5.69 Å². The first-order valence-corrected chi connectivity index (χ1v) is 8.35. The highest BCUT2D eigenvalue weighted by Crippen LogP contribution is 2.22. The summed E-state index contributed by atoms with van der Waals surface area (Å²) < 4.78 is 3.54. The summed E-state index contributed by atoms with van der Waals surface area (Å²) in [6.45, 7) is 1.03. The molecule has 0 aliphatic rings. The fourth-order valence-corrected chi connectivity index (χ4v) is 2.93. The lowest BCUT2D eigenvalue weighted by Gasteiger charge is -2.17. The van der Waals surface area contributed by atoms with Crippen molar-refractivity contribution in [3.05, 3.63) is 60.8 Å². The molecule has 0 aliphatic carbocycles. The van der Waals surface area contributed by atoms with Gasteiger partial charge in [0, 0.05) is 13.2 Å². The molecule has 0 radical (unpaired) electrons. The number of anilines is 1. The zero-order valence-electron chi connectivity index (χ0n) is 14.4. The van der Waals surface area contributed by atoms with Gasteiger partial charge >= 0.3 is 0 Å². The first-order chi connectivity index (χ1) is 12.8. The molecule has 0 atom stereocenters. The highest BCUT2D eigenvalue weighted by atomic mass is 16.3. The molecule has 4 aromatic rings. The van der Waals surface area contributed by atoms with Gasteiger partial charge in [-0.2, -0.15) is 10.2 Å². The second kappa shape index (κ2) is 6.93. The van der Waals surface area contributed by atoms with Gasteiger partial charge in [0.05, 0.1) is 42.7 Å². The van der Waals surface area contributed by atoms with Crippen LogP contribution in [0.3, 0.4) is 0 Å². The molecular weight excluding hydrogens is 330 g/mol. The molecule has 0 amide bonds. The van der Waals surface area contributed by atoms with E-state index in [1.54, 1.807) is 10.9 Å². The number of para-hydroxylation sites is 1. The highest BCUT2D eigenvalue weighted by molar-refractivity contribution is 5.86. The van der Waals surface area contributed by atoms with Crippen LogP contribution < -0.4 is 4.90 Å². The van der Waals surface area contributed by atoms with E-state index in [1.807, 2.05) is 59.2 Å². The van der Waals surface area contributed by atoms with Gasteiger partial charge in [0.2, 0.25) is 0 Å². The van der Waals surface area contributed by atoms with Crippen molar-refractivity contribution < 1.29 is 5.11 Å². The van der Waals surface area contributed by atoms with Crippen LogP contribution in [-0.4, -0.2) is 48.3 Å². The van der Waals surface area contributed by atoms with Crippen LogP contribution in [0.25, 0.3) is 16.7 Å². The maximum atomic E-state index is 9.14. The Morgan fingerprint density at radius 3 is 2.77 bits per heavy atom. The zero-order chi connectivity index (χ0) is 17.9. The molecule has 0 bridgehead atoms. The number of hydrogen-bond donors (Lipinski definition) is 1. The Balaban J connectivity index is 1.58. The molecule has 4 rings (SSSR count). The van der Waals surface area contributed by atoms with Gasteiger partial charge in [-0.25, -0.2) is 19.3 Å². The van der Waals surface area contributed by atoms with E-state index in [0.29, 0.717) is 18.7 Å². The van der Waals surface area contributed by atoms with Crippen molar-refractivity contribution in [1.82, 2.24) is 29.5 Å². The van der Waals surface area contributed by atoms with Crippen LogP contribution in [0.2, 0.25) is 0 Å². The van der Waals surface area contributed by atoms with Crippen LogP contribution in [0.15, 0.2) is 55.1 Å². The monoisotopic (exact) mass is 349 g/mol. The van der Waals surface area contributed by atoms with Gasteiger partial charge in [0.25, 0.3) is 0 Å². The van der Waals surface area contributed by atoms with E-state index in [1.165, 1.54) is 6.33 Å². The summed E-state index contributed by atoms with van der Waals surface area (Å²) >= 11 is 0. The van der Waals surface area contributed by atoms with Crippen LogP contribution in [0, 0.1) is 0 Å². The van der Waals surface area contributed by atoms with E-state index in [9.17, 15) is 0 Å². The largest absolute Gasteiger partial charge is 0.394 e. The van der Waals surface area contributed by atoms with E-state index in [4.69, 9.17) is 5.11 Å². The van der Waals surface area contributed by atoms with E-state index >= 15 is 0 Å². The van der Waals surface area contributed by atoms with Gasteiger partial charge in [-0.05, 0) is 18.2 Å². The van der Waals surface area contributed by atoms with Gasteiger partial charge < -0.3 is 10.0 Å². The minimum atomic E-state index is 0.0167. The molecule has 1 N–H and O–H groups in total. The number of rotatable bonds is 6. The number of benzene rings is 1. The number of aromatic nitrogens is 6. The maximum Gasteiger partial charge on any atom is 0.163 e. The number of hydrogen-bond acceptors (Lipinski definition) is 6. The van der Waals surface area contributed by atoms with E-state index < -0.39 is 0 Å². The van der Waals surface area contributed by atoms with Crippen LogP contribution in [-0.2, 0) is 13.1 Å². The van der Waals surface area contributed by atoms with Crippen molar-refractivity contribution in [1.29, 1.82) is 0 Å². The molecule has 0 fully saturated rings. The molecule has 1 aromatic carbocycles. The predicted octanol–water partition coefficient (Wildman–Crippen LogP) is 1.64. The third-order valence-corrected chi connectivity index (χ3v) is 4.15. The van der Waals surface area contributed by atoms with Gasteiger partial charge in [-0.15, -0.1) is 0 Å². The maximum absolute atomic E-state index is 9.14. The zero-order valence-corrected chi connectivity index (χ0v) is 14.4. The molecule has 26 heavy (non-hydrogen) atoms. The molecule has 0 aliphatic heterocycles. The summed E-state index contributed by atoms with van der Waals surface area (Å²) in [5.74, 6) is 0.786. The standard InChI is InChI=1S/C18H19N7O/c1-23(12-14-7-8-24(22-14)15-5-3-2-4-6-15)17-16-11-21-25(9-10-26)18(16)20-13-19-17/h2-8,11,13,26H,9-10,12H2,1H3. The Morgan fingerprint density at radius 2 is 1.96 bits per heavy atom. The van der Waals surface area contributed by atoms with Crippen LogP contribution in [0.4, 0.5) is 5.82 Å². The number of nitrogens with zero attached hydrogens (tertiary/aromatic N) is 7. The molecule has 8 nitrogen and oxygen atoms in total. The Kier molecular flexibility index (Phi) is 4.32. The smallest absolute Gasteiger partial charge is 0.163 e. The molecule has 132 valence electrons. The highest BCUT2D eigenvalue weighted by Gasteiger charge is 2.14. The molecule has 3 heterocycles. The minimum Gasteiger partial charge on any atom is -0.394 e. The third-order valence-electron chi connectivity index (χ3n) is 4.15. The van der Waals surface area contributed by atoms with Gasteiger partial charge in [-0.3, -0.25) is 0 Å². The summed E-state index contributed by atoms with van der Waals surface area (Å²) in [6.07, 6.45) is 5.21. The predicted molar refractivity (Wildman–Crippen MR) is 98.1 cm³/mol. The lowest BCUT2D eigenvalue weighted by molar-refractivity contribution is 0.271. The van der Waals surface area contributed by atoms with E-state index in [0.717, 1.165) is 22.6 Å². The second-order valence-corrected chi connectivity index (χ2v) is 5.97. The van der Waals surface area contributed by atoms with Crippen LogP contribution >= 0.6 is 0 Å². The summed E-state index contributed by atoms with van der Waals surface area (Å²) in [5, 5.41) is 18.9. The average molecular weight is 349 g/mol. The number of fused-ring (bicyclic) bond motifs is 1. The van der Waals surface area contributed by atoms with E-state index in [2.05, 4.69) is 20.2 Å². The van der Waals surface area contributed by atoms with Gasteiger partial charge in [0.1, 0.15) is 12.1 Å². The molecular formula is C18H19N7O. The van der Waals surface area contributed by atoms with Gasteiger partial charge in [0.15, 0.2) is 5.65 Å². The van der Waals surface area contributed by atoms with Crippen LogP contribution in [0.1, 0.15) is 5.69 Å². The molecule has 0 unspecified atom stereocenters. The molecule has 0 saturated carbocycles. The fourth-order valence-electron chi connectivity index (χ4n) is 2.93. The van der Waals surface area contributed by atoms with Crippen molar-refractivity contribution >= 4 is 16.9 Å². The quantitative estimate of drug-likeness (QED) is 0.570. The fraction of sp³-hybridized carbons (Fsp3) is 0.222. The Labute approximate surface area is 150 Å². The summed E-state index contributed by atoms with van der Waals surface area (Å²) in [4.78, 5) is 10.7. The normalized spacial score (nSPS) is 11.2. The van der Waals surface area contributed by atoms with Crippen molar-refractivity contribution in [2.45, 2.75) is 13.1 Å². The molecule has 0 spiro atoms. The Morgan fingerprint density at radius 1 is 1.12 bits per heavy atom. The number of aliphatic hydroxyl groups excluding tert-OH is 1. The second-order valence-electron chi connectivity index (χ2n) is 5.97. The lowest BCUT2D eigenvalue weighted by Crippen LogP contribution is -2.18. The third kappa shape index (κ3) is 3.02. The summed E-state index contributed by atoms with van der Waals surface area (Å²) in [6, 6.07) is 12.0. The lowest BCUT2D eigenvalue weighted by atomic mass is 10.3. The first-order valence-electron chi connectivity index (χ1n) is 8.35. The average Bonchev–Trinajstić information content (AvgIpc) is 3.30. The van der Waals surface area contributed by atoms with Crippen molar-refractivity contribution in [2.75, 3.05) is 18.6 Å². The molecule has 8 heteroatoms. The SMILES string of the molecule is CN(Cc1ccn(-c2ccccc2)n1)c1ncnc2c1cnn2CCO. The topological polar surface area (TPSA) is 84.9 Å². The molecule has 0 saturated heterocycles. The van der Waals surface area contributed by atoms with Crippen molar-refractivity contribution in [2.24, 2.45) is 0 Å².